The summed E-state index contributed by atoms with van der Waals surface area (Å²) in [4.78, 5) is 0. The third kappa shape index (κ3) is 3.51. The Morgan fingerprint density at radius 1 is 1.44 bits per heavy atom. The first-order valence-corrected chi connectivity index (χ1v) is 7.58. The SMILES string of the molecule is CC1CCC(O)(CNc2ccc(N)cc2I)CC1. The molecule has 1 fully saturated rings. The molecule has 3 nitrogen and oxygen atoms in total. The van der Waals surface area contributed by atoms with Crippen molar-refractivity contribution in [1.82, 2.24) is 0 Å². The van der Waals surface area contributed by atoms with Gasteiger partial charge in [-0.25, -0.2) is 0 Å². The highest BCUT2D eigenvalue weighted by atomic mass is 127. The summed E-state index contributed by atoms with van der Waals surface area (Å²) in [7, 11) is 0. The van der Waals surface area contributed by atoms with E-state index in [0.717, 1.165) is 46.5 Å². The Kier molecular flexibility index (Phi) is 4.37. The van der Waals surface area contributed by atoms with E-state index in [1.54, 1.807) is 0 Å². The Balaban J connectivity index is 1.94. The van der Waals surface area contributed by atoms with Gasteiger partial charge in [0.2, 0.25) is 0 Å². The predicted molar refractivity (Wildman–Crippen MR) is 84.6 cm³/mol. The highest BCUT2D eigenvalue weighted by molar-refractivity contribution is 14.1. The number of nitrogens with one attached hydrogen (secondary N) is 1. The monoisotopic (exact) mass is 360 g/mol. The molecular formula is C14H21IN2O. The van der Waals surface area contributed by atoms with Crippen LogP contribution in [0.5, 0.6) is 0 Å². The summed E-state index contributed by atoms with van der Waals surface area (Å²) in [6.45, 7) is 2.88. The molecule has 1 saturated carbocycles. The molecule has 18 heavy (non-hydrogen) atoms. The first kappa shape index (κ1) is 13.9. The second-order valence-corrected chi connectivity index (χ2v) is 6.66. The van der Waals surface area contributed by atoms with Crippen molar-refractivity contribution in [2.45, 2.75) is 38.2 Å². The predicted octanol–water partition coefficient (Wildman–Crippen LogP) is 3.23. The minimum Gasteiger partial charge on any atom is -0.399 e. The van der Waals surface area contributed by atoms with Gasteiger partial charge in [-0.2, -0.15) is 0 Å². The molecule has 2 rings (SSSR count). The molecular weight excluding hydrogens is 339 g/mol. The highest BCUT2D eigenvalue weighted by Gasteiger charge is 2.31. The molecule has 0 radical (unpaired) electrons. The largest absolute Gasteiger partial charge is 0.399 e. The van der Waals surface area contributed by atoms with Crippen molar-refractivity contribution in [2.75, 3.05) is 17.6 Å². The summed E-state index contributed by atoms with van der Waals surface area (Å²) in [6.07, 6.45) is 4.04. The fourth-order valence-corrected chi connectivity index (χ4v) is 3.14. The summed E-state index contributed by atoms with van der Waals surface area (Å²) in [5, 5.41) is 13.9. The van der Waals surface area contributed by atoms with Gasteiger partial charge in [0.05, 0.1) is 5.60 Å². The number of nitrogens with two attached hydrogens (primary N) is 1. The summed E-state index contributed by atoms with van der Waals surface area (Å²) in [5.74, 6) is 0.752. The van der Waals surface area contributed by atoms with Crippen LogP contribution in [-0.2, 0) is 0 Å². The molecule has 4 heteroatoms. The molecule has 0 heterocycles. The van der Waals surface area contributed by atoms with Crippen molar-refractivity contribution in [3.05, 3.63) is 21.8 Å². The maximum atomic E-state index is 10.5. The van der Waals surface area contributed by atoms with Crippen LogP contribution in [0.25, 0.3) is 0 Å². The Morgan fingerprint density at radius 2 is 2.11 bits per heavy atom. The van der Waals surface area contributed by atoms with Crippen molar-refractivity contribution in [3.63, 3.8) is 0 Å². The number of benzene rings is 1. The number of halogens is 1. The van der Waals surface area contributed by atoms with Gasteiger partial charge < -0.3 is 16.2 Å². The normalized spacial score (nSPS) is 28.1. The second kappa shape index (κ2) is 5.65. The Bertz CT molecular complexity index is 414. The zero-order valence-corrected chi connectivity index (χ0v) is 12.9. The molecule has 1 aliphatic rings. The van der Waals surface area contributed by atoms with E-state index in [2.05, 4.69) is 34.8 Å². The van der Waals surface area contributed by atoms with E-state index in [1.165, 1.54) is 0 Å². The van der Waals surface area contributed by atoms with E-state index >= 15 is 0 Å². The minimum atomic E-state index is -0.545. The Labute approximate surface area is 122 Å². The third-order valence-electron chi connectivity index (χ3n) is 3.81. The van der Waals surface area contributed by atoms with E-state index in [1.807, 2.05) is 18.2 Å². The fraction of sp³-hybridized carbons (Fsp3) is 0.571. The molecule has 0 amide bonds. The zero-order chi connectivity index (χ0) is 13.2. The molecule has 0 aromatic heterocycles. The zero-order valence-electron chi connectivity index (χ0n) is 10.7. The van der Waals surface area contributed by atoms with Crippen molar-refractivity contribution >= 4 is 34.0 Å². The lowest BCUT2D eigenvalue weighted by atomic mass is 9.79. The van der Waals surface area contributed by atoms with E-state index in [9.17, 15) is 5.11 Å². The molecule has 0 atom stereocenters. The summed E-state index contributed by atoms with van der Waals surface area (Å²) >= 11 is 2.26. The molecule has 0 bridgehead atoms. The quantitative estimate of drug-likeness (QED) is 0.573. The Morgan fingerprint density at radius 3 is 2.72 bits per heavy atom. The molecule has 0 aliphatic heterocycles. The van der Waals surface area contributed by atoms with Crippen LogP contribution in [0.2, 0.25) is 0 Å². The molecule has 4 N–H and O–H groups in total. The molecule has 1 aromatic carbocycles. The van der Waals surface area contributed by atoms with Gasteiger partial charge in [0.1, 0.15) is 0 Å². The lowest BCUT2D eigenvalue weighted by Crippen LogP contribution is -2.40. The fourth-order valence-electron chi connectivity index (χ4n) is 2.41. The van der Waals surface area contributed by atoms with Crippen LogP contribution in [0.1, 0.15) is 32.6 Å². The van der Waals surface area contributed by atoms with Gasteiger partial charge in [0, 0.05) is 21.5 Å². The van der Waals surface area contributed by atoms with Crippen LogP contribution in [-0.4, -0.2) is 17.3 Å². The van der Waals surface area contributed by atoms with Gasteiger partial charge in [0.15, 0.2) is 0 Å². The molecule has 100 valence electrons. The average molecular weight is 360 g/mol. The van der Waals surface area contributed by atoms with Crippen LogP contribution < -0.4 is 11.1 Å². The highest BCUT2D eigenvalue weighted by Crippen LogP contribution is 2.32. The number of anilines is 2. The number of aliphatic hydroxyl groups is 1. The van der Waals surface area contributed by atoms with Crippen LogP contribution in [0.4, 0.5) is 11.4 Å². The second-order valence-electron chi connectivity index (χ2n) is 5.50. The van der Waals surface area contributed by atoms with E-state index in [-0.39, 0.29) is 0 Å². The van der Waals surface area contributed by atoms with Gasteiger partial charge in [-0.1, -0.05) is 6.92 Å². The lowest BCUT2D eigenvalue weighted by Gasteiger charge is -2.35. The van der Waals surface area contributed by atoms with E-state index in [4.69, 9.17) is 5.73 Å². The van der Waals surface area contributed by atoms with Gasteiger partial charge in [-0.3, -0.25) is 0 Å². The van der Waals surface area contributed by atoms with Crippen LogP contribution in [0.3, 0.4) is 0 Å². The first-order valence-electron chi connectivity index (χ1n) is 6.50. The number of nitrogen functional groups attached to an aromatic ring is 1. The third-order valence-corrected chi connectivity index (χ3v) is 4.70. The lowest BCUT2D eigenvalue weighted by molar-refractivity contribution is 0.00500. The van der Waals surface area contributed by atoms with Crippen molar-refractivity contribution in [1.29, 1.82) is 0 Å². The number of hydrogen-bond acceptors (Lipinski definition) is 3. The van der Waals surface area contributed by atoms with Crippen molar-refractivity contribution in [2.24, 2.45) is 5.92 Å². The van der Waals surface area contributed by atoms with Gasteiger partial charge >= 0.3 is 0 Å². The van der Waals surface area contributed by atoms with Crippen LogP contribution in [0, 0.1) is 9.49 Å². The molecule has 0 spiro atoms. The van der Waals surface area contributed by atoms with E-state index in [0.29, 0.717) is 6.54 Å². The molecule has 0 saturated heterocycles. The topological polar surface area (TPSA) is 58.3 Å². The van der Waals surface area contributed by atoms with Crippen LogP contribution in [0.15, 0.2) is 18.2 Å². The number of rotatable bonds is 3. The average Bonchev–Trinajstić information content (AvgIpc) is 2.32. The summed E-state index contributed by atoms with van der Waals surface area (Å²) in [5.41, 5.74) is 7.01. The minimum absolute atomic E-state index is 0.545. The molecule has 1 aromatic rings. The van der Waals surface area contributed by atoms with Crippen molar-refractivity contribution < 1.29 is 5.11 Å². The smallest absolute Gasteiger partial charge is 0.0819 e. The van der Waals surface area contributed by atoms with Gasteiger partial charge in [-0.15, -0.1) is 0 Å². The standard InChI is InChI=1S/C14H21IN2O/c1-10-4-6-14(18,7-5-10)9-17-13-3-2-11(16)8-12(13)15/h2-3,8,10,17-18H,4-7,9,16H2,1H3. The van der Waals surface area contributed by atoms with Crippen molar-refractivity contribution in [3.8, 4) is 0 Å². The summed E-state index contributed by atoms with van der Waals surface area (Å²) in [6, 6.07) is 5.80. The maximum Gasteiger partial charge on any atom is 0.0819 e. The maximum absolute atomic E-state index is 10.5. The van der Waals surface area contributed by atoms with Gasteiger partial charge in [0.25, 0.3) is 0 Å². The van der Waals surface area contributed by atoms with E-state index < -0.39 is 5.60 Å². The Hall–Kier alpha value is -0.490. The van der Waals surface area contributed by atoms with Crippen LogP contribution >= 0.6 is 22.6 Å². The summed E-state index contributed by atoms with van der Waals surface area (Å²) < 4.78 is 1.10. The molecule has 1 aliphatic carbocycles. The molecule has 0 unspecified atom stereocenters. The first-order chi connectivity index (χ1) is 8.48. The van der Waals surface area contributed by atoms with Gasteiger partial charge in [-0.05, 0) is 72.4 Å². The number of hydrogen-bond donors (Lipinski definition) is 3.